The average Bonchev–Trinajstić information content (AvgIpc) is 3.19. The van der Waals surface area contributed by atoms with Gasteiger partial charge in [-0.15, -0.1) is 0 Å². The molecule has 0 spiro atoms. The number of nitro groups is 1. The van der Waals surface area contributed by atoms with Gasteiger partial charge in [-0.25, -0.2) is 0 Å². The van der Waals surface area contributed by atoms with Crippen LogP contribution in [-0.4, -0.2) is 34.8 Å². The monoisotopic (exact) mass is 266 g/mol. The van der Waals surface area contributed by atoms with Crippen LogP contribution in [0.4, 0.5) is 5.69 Å². The maximum absolute atomic E-state index is 10.5. The first-order valence-electron chi connectivity index (χ1n) is 6.29. The predicted octanol–water partition coefficient (Wildman–Crippen LogP) is 1.48. The highest BCUT2D eigenvalue weighted by Gasteiger charge is 2.27. The molecule has 0 aromatic heterocycles. The van der Waals surface area contributed by atoms with Crippen LogP contribution in [0, 0.1) is 10.1 Å². The number of ether oxygens (including phenoxy) is 1. The summed E-state index contributed by atoms with van der Waals surface area (Å²) in [5.41, 5.74) is -0.931. The molecule has 6 nitrogen and oxygen atoms in total. The van der Waals surface area contributed by atoms with Crippen molar-refractivity contribution in [3.63, 3.8) is 0 Å². The highest BCUT2D eigenvalue weighted by Crippen LogP contribution is 2.20. The number of hydrogen-bond donors (Lipinski definition) is 2. The largest absolute Gasteiger partial charge is 0.491 e. The molecule has 1 aliphatic rings. The van der Waals surface area contributed by atoms with Crippen LogP contribution >= 0.6 is 0 Å². The lowest BCUT2D eigenvalue weighted by molar-refractivity contribution is -0.384. The molecule has 0 bridgehead atoms. The molecule has 104 valence electrons. The van der Waals surface area contributed by atoms with Crippen molar-refractivity contribution in [2.75, 3.05) is 13.2 Å². The summed E-state index contributed by atoms with van der Waals surface area (Å²) in [6, 6.07) is 6.36. The van der Waals surface area contributed by atoms with Crippen molar-refractivity contribution >= 4 is 5.69 Å². The van der Waals surface area contributed by atoms with E-state index in [4.69, 9.17) is 4.74 Å². The van der Waals surface area contributed by atoms with E-state index in [1.54, 1.807) is 6.92 Å². The van der Waals surface area contributed by atoms with Gasteiger partial charge in [0.25, 0.3) is 5.69 Å². The van der Waals surface area contributed by atoms with Gasteiger partial charge in [-0.1, -0.05) is 0 Å². The zero-order valence-electron chi connectivity index (χ0n) is 10.8. The van der Waals surface area contributed by atoms with Gasteiger partial charge < -0.3 is 15.2 Å². The first-order valence-corrected chi connectivity index (χ1v) is 6.29. The van der Waals surface area contributed by atoms with E-state index in [2.05, 4.69) is 5.32 Å². The fourth-order valence-corrected chi connectivity index (χ4v) is 1.61. The molecule has 2 rings (SSSR count). The molecule has 0 heterocycles. The molecule has 1 aliphatic carbocycles. The van der Waals surface area contributed by atoms with E-state index < -0.39 is 10.5 Å². The van der Waals surface area contributed by atoms with E-state index >= 15 is 0 Å². The first-order chi connectivity index (χ1) is 8.96. The normalized spacial score (nSPS) is 17.8. The van der Waals surface area contributed by atoms with Crippen LogP contribution in [0.5, 0.6) is 5.75 Å². The minimum atomic E-state index is -0.954. The Morgan fingerprint density at radius 1 is 1.47 bits per heavy atom. The second kappa shape index (κ2) is 5.54. The molecule has 19 heavy (non-hydrogen) atoms. The Bertz CT molecular complexity index is 440. The van der Waals surface area contributed by atoms with Gasteiger partial charge in [0.1, 0.15) is 18.0 Å². The van der Waals surface area contributed by atoms with Gasteiger partial charge >= 0.3 is 0 Å². The van der Waals surface area contributed by atoms with Gasteiger partial charge in [-0.05, 0) is 31.9 Å². The van der Waals surface area contributed by atoms with Crippen molar-refractivity contribution in [3.05, 3.63) is 34.4 Å². The molecule has 0 saturated heterocycles. The van der Waals surface area contributed by atoms with Crippen molar-refractivity contribution in [1.29, 1.82) is 0 Å². The van der Waals surface area contributed by atoms with Crippen molar-refractivity contribution < 1.29 is 14.8 Å². The lowest BCUT2D eigenvalue weighted by Gasteiger charge is -2.23. The Morgan fingerprint density at radius 3 is 2.63 bits per heavy atom. The highest BCUT2D eigenvalue weighted by atomic mass is 16.6. The number of benzene rings is 1. The van der Waals surface area contributed by atoms with Crippen LogP contribution in [0.1, 0.15) is 19.8 Å². The highest BCUT2D eigenvalue weighted by molar-refractivity contribution is 5.36. The third-order valence-electron chi connectivity index (χ3n) is 2.95. The minimum Gasteiger partial charge on any atom is -0.491 e. The van der Waals surface area contributed by atoms with Gasteiger partial charge in [-0.2, -0.15) is 0 Å². The average molecular weight is 266 g/mol. The molecule has 1 saturated carbocycles. The van der Waals surface area contributed by atoms with Crippen LogP contribution < -0.4 is 10.1 Å². The Balaban J connectivity index is 1.81. The minimum absolute atomic E-state index is 0.0227. The SMILES string of the molecule is CC(O)(CNC1CC1)COc1ccc([N+](=O)[O-])cc1. The number of nitrogens with zero attached hydrogens (tertiary/aromatic N) is 1. The van der Waals surface area contributed by atoms with Crippen molar-refractivity contribution in [2.24, 2.45) is 0 Å². The summed E-state index contributed by atoms with van der Waals surface area (Å²) in [5.74, 6) is 0.511. The van der Waals surface area contributed by atoms with Crippen LogP contribution in [0.2, 0.25) is 0 Å². The van der Waals surface area contributed by atoms with Crippen molar-refractivity contribution in [2.45, 2.75) is 31.4 Å². The van der Waals surface area contributed by atoms with E-state index in [9.17, 15) is 15.2 Å². The summed E-state index contributed by atoms with van der Waals surface area (Å²) in [7, 11) is 0. The van der Waals surface area contributed by atoms with Gasteiger partial charge in [0.15, 0.2) is 0 Å². The maximum atomic E-state index is 10.5. The summed E-state index contributed by atoms with van der Waals surface area (Å²) < 4.78 is 5.45. The van der Waals surface area contributed by atoms with Crippen LogP contribution in [0.25, 0.3) is 0 Å². The molecule has 6 heteroatoms. The Hall–Kier alpha value is -1.66. The van der Waals surface area contributed by atoms with Gasteiger partial charge in [0, 0.05) is 24.7 Å². The van der Waals surface area contributed by atoms with E-state index in [1.165, 1.54) is 37.1 Å². The molecule has 1 atom stereocenters. The molecule has 0 aliphatic heterocycles. The zero-order valence-corrected chi connectivity index (χ0v) is 10.8. The van der Waals surface area contributed by atoms with E-state index in [-0.39, 0.29) is 12.3 Å². The summed E-state index contributed by atoms with van der Waals surface area (Å²) in [4.78, 5) is 10.0. The third kappa shape index (κ3) is 4.50. The Labute approximate surface area is 111 Å². The number of rotatable bonds is 7. The number of non-ortho nitro benzene ring substituents is 1. The maximum Gasteiger partial charge on any atom is 0.269 e. The second-order valence-corrected chi connectivity index (χ2v) is 5.19. The van der Waals surface area contributed by atoms with Gasteiger partial charge in [0.05, 0.1) is 4.92 Å². The summed E-state index contributed by atoms with van der Waals surface area (Å²) in [6.07, 6.45) is 2.33. The molecule has 0 amide bonds. The summed E-state index contributed by atoms with van der Waals surface area (Å²) in [6.45, 7) is 2.32. The van der Waals surface area contributed by atoms with Crippen molar-refractivity contribution in [1.82, 2.24) is 5.32 Å². The summed E-state index contributed by atoms with van der Waals surface area (Å²) >= 11 is 0. The number of nitrogens with one attached hydrogen (secondary N) is 1. The quantitative estimate of drug-likeness (QED) is 0.576. The standard InChI is InChI=1S/C13H18N2O4/c1-13(16,8-14-10-2-3-10)9-19-12-6-4-11(5-7-12)15(17)18/h4-7,10,14,16H,2-3,8-9H2,1H3. The fraction of sp³-hybridized carbons (Fsp3) is 0.538. The molecule has 1 aromatic rings. The van der Waals surface area contributed by atoms with Gasteiger partial charge in [-0.3, -0.25) is 10.1 Å². The predicted molar refractivity (Wildman–Crippen MR) is 70.2 cm³/mol. The first kappa shape index (κ1) is 13.8. The fourth-order valence-electron chi connectivity index (χ4n) is 1.61. The molecule has 1 aromatic carbocycles. The van der Waals surface area contributed by atoms with E-state index in [0.717, 1.165) is 0 Å². The number of aliphatic hydroxyl groups is 1. The molecule has 1 unspecified atom stereocenters. The topological polar surface area (TPSA) is 84.6 Å². The molecular formula is C13H18N2O4. The smallest absolute Gasteiger partial charge is 0.269 e. The van der Waals surface area contributed by atoms with Crippen LogP contribution in [0.15, 0.2) is 24.3 Å². The molecular weight excluding hydrogens is 248 g/mol. The number of nitro benzene ring substituents is 1. The Kier molecular flexibility index (Phi) is 4.01. The summed E-state index contributed by atoms with van der Waals surface area (Å²) in [5, 5.41) is 23.8. The van der Waals surface area contributed by atoms with Crippen LogP contribution in [-0.2, 0) is 0 Å². The second-order valence-electron chi connectivity index (χ2n) is 5.19. The lowest BCUT2D eigenvalue weighted by Crippen LogP contribution is -2.43. The Morgan fingerprint density at radius 2 is 2.11 bits per heavy atom. The third-order valence-corrected chi connectivity index (χ3v) is 2.95. The van der Waals surface area contributed by atoms with Crippen molar-refractivity contribution in [3.8, 4) is 5.75 Å². The number of hydrogen-bond acceptors (Lipinski definition) is 5. The van der Waals surface area contributed by atoms with Crippen LogP contribution in [0.3, 0.4) is 0 Å². The van der Waals surface area contributed by atoms with E-state index in [1.807, 2.05) is 0 Å². The van der Waals surface area contributed by atoms with Gasteiger partial charge in [0.2, 0.25) is 0 Å². The zero-order chi connectivity index (χ0) is 13.9. The lowest BCUT2D eigenvalue weighted by atomic mass is 10.1. The molecule has 0 radical (unpaired) electrons. The van der Waals surface area contributed by atoms with E-state index in [0.29, 0.717) is 18.3 Å². The molecule has 1 fully saturated rings. The molecule has 2 N–H and O–H groups in total.